The number of carbonyl (C=O) groups excluding carboxylic acids is 1. The topological polar surface area (TPSA) is 81.9 Å². The van der Waals surface area contributed by atoms with Crippen molar-refractivity contribution in [3.05, 3.63) is 54.9 Å². The number of halogens is 3. The Bertz CT molecular complexity index is 763. The molecule has 0 unspecified atom stereocenters. The van der Waals surface area contributed by atoms with E-state index in [2.05, 4.69) is 58.3 Å². The molecular weight excluding hydrogens is 484 g/mol. The van der Waals surface area contributed by atoms with E-state index >= 15 is 0 Å². The second-order valence-corrected chi connectivity index (χ2v) is 6.64. The minimum absolute atomic E-state index is 0.119. The van der Waals surface area contributed by atoms with Gasteiger partial charge in [0, 0.05) is 10.0 Å². The lowest BCUT2D eigenvalue weighted by Crippen LogP contribution is -2.18. The van der Waals surface area contributed by atoms with Crippen LogP contribution < -0.4 is 5.43 Å². The number of hydrazone groups is 1. The maximum absolute atomic E-state index is 12.0. The molecule has 0 aromatic heterocycles. The molecule has 5 nitrogen and oxygen atoms in total. The highest BCUT2D eigenvalue weighted by atomic mass is 79.9. The van der Waals surface area contributed by atoms with E-state index in [0.717, 1.165) is 0 Å². The highest BCUT2D eigenvalue weighted by Crippen LogP contribution is 2.40. The molecule has 1 amide bonds. The Hall–Kier alpha value is -1.38. The van der Waals surface area contributed by atoms with Crippen molar-refractivity contribution < 1.29 is 15.0 Å². The van der Waals surface area contributed by atoms with E-state index in [0.29, 0.717) is 20.1 Å². The van der Waals surface area contributed by atoms with Crippen LogP contribution in [0.2, 0.25) is 0 Å². The van der Waals surface area contributed by atoms with Crippen LogP contribution in [0.1, 0.15) is 15.9 Å². The molecule has 0 saturated heterocycles. The van der Waals surface area contributed by atoms with Gasteiger partial charge in [0.2, 0.25) is 0 Å². The van der Waals surface area contributed by atoms with E-state index in [-0.39, 0.29) is 21.9 Å². The summed E-state index contributed by atoms with van der Waals surface area (Å²) in [5.74, 6) is -0.688. The fourth-order valence-corrected chi connectivity index (χ4v) is 3.20. The summed E-state index contributed by atoms with van der Waals surface area (Å²) in [6.07, 6.45) is 1.28. The average Bonchev–Trinajstić information content (AvgIpc) is 2.50. The molecule has 0 spiro atoms. The highest BCUT2D eigenvalue weighted by molar-refractivity contribution is 9.11. The number of phenols is 2. The quantitative estimate of drug-likeness (QED) is 0.445. The summed E-state index contributed by atoms with van der Waals surface area (Å²) in [6, 6.07) is 8.42. The van der Waals surface area contributed by atoms with Crippen molar-refractivity contribution in [2.24, 2.45) is 5.10 Å². The lowest BCUT2D eigenvalue weighted by Gasteiger charge is -2.06. The maximum atomic E-state index is 12.0. The molecule has 8 heteroatoms. The van der Waals surface area contributed by atoms with Crippen molar-refractivity contribution in [3.8, 4) is 11.5 Å². The molecule has 0 fully saturated rings. The van der Waals surface area contributed by atoms with E-state index < -0.39 is 0 Å². The molecule has 0 aliphatic carbocycles. The van der Waals surface area contributed by atoms with Gasteiger partial charge in [-0.15, -0.1) is 0 Å². The second kappa shape index (κ2) is 7.26. The zero-order chi connectivity index (χ0) is 16.3. The minimum Gasteiger partial charge on any atom is -0.506 e. The lowest BCUT2D eigenvalue weighted by atomic mass is 10.2. The summed E-state index contributed by atoms with van der Waals surface area (Å²) in [6.45, 7) is 0. The fourth-order valence-electron chi connectivity index (χ4n) is 1.58. The van der Waals surface area contributed by atoms with Gasteiger partial charge < -0.3 is 10.2 Å². The van der Waals surface area contributed by atoms with Crippen molar-refractivity contribution in [1.82, 2.24) is 5.43 Å². The Labute approximate surface area is 151 Å². The van der Waals surface area contributed by atoms with Crippen LogP contribution in [0.5, 0.6) is 11.5 Å². The first-order valence-electron chi connectivity index (χ1n) is 5.89. The smallest absolute Gasteiger partial charge is 0.272 e. The van der Waals surface area contributed by atoms with E-state index in [4.69, 9.17) is 0 Å². The molecule has 22 heavy (non-hydrogen) atoms. The Kier molecular flexibility index (Phi) is 5.60. The summed E-state index contributed by atoms with van der Waals surface area (Å²) in [5, 5.41) is 23.3. The molecule has 2 rings (SSSR count). The third kappa shape index (κ3) is 3.68. The second-order valence-electron chi connectivity index (χ2n) is 4.14. The Morgan fingerprint density at radius 1 is 1.09 bits per heavy atom. The van der Waals surface area contributed by atoms with E-state index in [1.165, 1.54) is 12.3 Å². The monoisotopic (exact) mass is 490 g/mol. The normalized spacial score (nSPS) is 10.9. The summed E-state index contributed by atoms with van der Waals surface area (Å²) in [4.78, 5) is 12.0. The van der Waals surface area contributed by atoms with Gasteiger partial charge in [0.1, 0.15) is 16.0 Å². The predicted molar refractivity (Wildman–Crippen MR) is 94.4 cm³/mol. The summed E-state index contributed by atoms with van der Waals surface area (Å²) in [7, 11) is 0. The number of rotatable bonds is 3. The average molecular weight is 493 g/mol. The van der Waals surface area contributed by atoms with Gasteiger partial charge >= 0.3 is 0 Å². The molecule has 2 aromatic carbocycles. The van der Waals surface area contributed by atoms with Gasteiger partial charge in [-0.1, -0.05) is 12.1 Å². The molecule has 0 atom stereocenters. The summed E-state index contributed by atoms with van der Waals surface area (Å²) >= 11 is 9.49. The first-order chi connectivity index (χ1) is 10.4. The van der Waals surface area contributed by atoms with Crippen LogP contribution in [-0.2, 0) is 0 Å². The predicted octanol–water partition coefficient (Wildman–Crippen LogP) is 4.15. The molecular formula is C14H9Br3N2O3. The molecule has 3 N–H and O–H groups in total. The number of carbonyl (C=O) groups is 1. The third-order valence-corrected chi connectivity index (χ3v) is 4.73. The minimum atomic E-state index is -0.389. The van der Waals surface area contributed by atoms with Gasteiger partial charge in [-0.2, -0.15) is 5.10 Å². The van der Waals surface area contributed by atoms with Gasteiger partial charge in [0.25, 0.3) is 5.91 Å². The number of phenolic OH excluding ortho intramolecular Hbond substituents is 2. The van der Waals surface area contributed by atoms with Crippen molar-refractivity contribution in [2.45, 2.75) is 0 Å². The Morgan fingerprint density at radius 2 is 1.77 bits per heavy atom. The van der Waals surface area contributed by atoms with Crippen LogP contribution in [0.15, 0.2) is 48.9 Å². The molecule has 0 aliphatic heterocycles. The van der Waals surface area contributed by atoms with Crippen molar-refractivity contribution >= 4 is 59.9 Å². The Morgan fingerprint density at radius 3 is 2.45 bits per heavy atom. The number of hydrogen-bond acceptors (Lipinski definition) is 4. The van der Waals surface area contributed by atoms with Crippen molar-refractivity contribution in [1.29, 1.82) is 0 Å². The fraction of sp³-hybridized carbons (Fsp3) is 0. The standard InChI is InChI=1S/C14H9Br3N2O3/c15-9-4-2-1-3-8(9)14(22)19-18-6-7-5-10(16)13(21)11(17)12(7)20/h1-6,20-21H,(H,19,22)/b18-6+. The van der Waals surface area contributed by atoms with E-state index in [9.17, 15) is 15.0 Å². The molecule has 0 saturated carbocycles. The van der Waals surface area contributed by atoms with Gasteiger partial charge in [-0.25, -0.2) is 5.43 Å². The largest absolute Gasteiger partial charge is 0.506 e. The SMILES string of the molecule is O=C(N/N=C/c1cc(Br)c(O)c(Br)c1O)c1ccccc1Br. The Balaban J connectivity index is 2.17. The van der Waals surface area contributed by atoms with Crippen molar-refractivity contribution in [3.63, 3.8) is 0 Å². The molecule has 0 aliphatic rings. The zero-order valence-corrected chi connectivity index (χ0v) is 15.6. The van der Waals surface area contributed by atoms with Crippen LogP contribution >= 0.6 is 47.8 Å². The van der Waals surface area contributed by atoms with Crippen LogP contribution in [0.3, 0.4) is 0 Å². The molecule has 114 valence electrons. The molecule has 0 bridgehead atoms. The number of aromatic hydroxyl groups is 2. The zero-order valence-electron chi connectivity index (χ0n) is 10.8. The van der Waals surface area contributed by atoms with Gasteiger partial charge in [0.05, 0.1) is 16.3 Å². The molecule has 0 heterocycles. The maximum Gasteiger partial charge on any atom is 0.272 e. The summed E-state index contributed by atoms with van der Waals surface area (Å²) in [5.41, 5.74) is 3.13. The van der Waals surface area contributed by atoms with Crippen LogP contribution in [0.4, 0.5) is 0 Å². The van der Waals surface area contributed by atoms with E-state index in [1.54, 1.807) is 24.3 Å². The van der Waals surface area contributed by atoms with Gasteiger partial charge in [0.15, 0.2) is 0 Å². The first kappa shape index (κ1) is 17.0. The number of amides is 1. The molecule has 0 radical (unpaired) electrons. The number of nitrogens with one attached hydrogen (secondary N) is 1. The highest BCUT2D eigenvalue weighted by Gasteiger charge is 2.13. The lowest BCUT2D eigenvalue weighted by molar-refractivity contribution is 0.0954. The van der Waals surface area contributed by atoms with Crippen LogP contribution in [0, 0.1) is 0 Å². The van der Waals surface area contributed by atoms with Gasteiger partial charge in [-0.3, -0.25) is 4.79 Å². The van der Waals surface area contributed by atoms with Crippen LogP contribution in [-0.4, -0.2) is 22.3 Å². The van der Waals surface area contributed by atoms with Gasteiger partial charge in [-0.05, 0) is 66.0 Å². The summed E-state index contributed by atoms with van der Waals surface area (Å²) < 4.78 is 1.18. The third-order valence-electron chi connectivity index (χ3n) is 2.69. The number of nitrogens with zero attached hydrogens (tertiary/aromatic N) is 1. The van der Waals surface area contributed by atoms with Crippen molar-refractivity contribution in [2.75, 3.05) is 0 Å². The van der Waals surface area contributed by atoms with Crippen LogP contribution in [0.25, 0.3) is 0 Å². The first-order valence-corrected chi connectivity index (χ1v) is 8.27. The number of benzene rings is 2. The van der Waals surface area contributed by atoms with E-state index in [1.807, 2.05) is 0 Å². The molecule has 2 aromatic rings. The number of hydrogen-bond donors (Lipinski definition) is 3.